The van der Waals surface area contributed by atoms with Gasteiger partial charge in [-0.15, -0.1) is 5.10 Å². The molecule has 41 heavy (non-hydrogen) atoms. The van der Waals surface area contributed by atoms with Crippen LogP contribution in [-0.2, 0) is 40.2 Å². The van der Waals surface area contributed by atoms with E-state index in [1.807, 2.05) is 74.6 Å². The molecule has 2 atom stereocenters. The Morgan fingerprint density at radius 1 is 0.976 bits per heavy atom. The molecule has 0 saturated carbocycles. The summed E-state index contributed by atoms with van der Waals surface area (Å²) in [6.45, 7) is 6.29. The number of nitrogens with one attached hydrogen (secondary N) is 4. The second kappa shape index (κ2) is 14.9. The van der Waals surface area contributed by atoms with Gasteiger partial charge in [-0.2, -0.15) is 0 Å². The quantitative estimate of drug-likeness (QED) is 0.375. The molecule has 0 radical (unpaired) electrons. The van der Waals surface area contributed by atoms with E-state index in [4.69, 9.17) is 4.74 Å². The molecule has 2 heterocycles. The average molecular weight is 562 g/mol. The highest BCUT2D eigenvalue weighted by Crippen LogP contribution is 2.15. The molecular weight excluding hydrogens is 522 g/mol. The van der Waals surface area contributed by atoms with E-state index in [0.29, 0.717) is 51.4 Å². The first-order valence-corrected chi connectivity index (χ1v) is 14.1. The molecule has 1 aromatic heterocycles. The van der Waals surface area contributed by atoms with Gasteiger partial charge in [-0.05, 0) is 29.2 Å². The molecule has 3 amide bonds. The van der Waals surface area contributed by atoms with Crippen LogP contribution in [0.2, 0.25) is 0 Å². The van der Waals surface area contributed by atoms with Crippen molar-refractivity contribution in [2.24, 2.45) is 5.92 Å². The number of nitrogens with zero attached hydrogens (tertiary/aromatic N) is 3. The topological polar surface area (TPSA) is 139 Å². The van der Waals surface area contributed by atoms with Crippen LogP contribution in [-0.4, -0.2) is 71.0 Å². The summed E-state index contributed by atoms with van der Waals surface area (Å²) >= 11 is 0. The van der Waals surface area contributed by atoms with E-state index in [0.717, 1.165) is 16.8 Å². The summed E-state index contributed by atoms with van der Waals surface area (Å²) in [5.74, 6) is -0.516. The molecule has 0 spiro atoms. The first kappa shape index (κ1) is 29.7. The normalized spacial score (nSPS) is 19.9. The minimum atomic E-state index is -0.802. The summed E-state index contributed by atoms with van der Waals surface area (Å²) < 4.78 is 7.63. The molecule has 4 bridgehead atoms. The van der Waals surface area contributed by atoms with Crippen molar-refractivity contribution in [2.45, 2.75) is 51.7 Å². The lowest BCUT2D eigenvalue weighted by Crippen LogP contribution is -2.56. The Kier molecular flexibility index (Phi) is 10.8. The van der Waals surface area contributed by atoms with Crippen molar-refractivity contribution >= 4 is 17.7 Å². The van der Waals surface area contributed by atoms with Gasteiger partial charge < -0.3 is 26.0 Å². The van der Waals surface area contributed by atoms with Gasteiger partial charge in [0.1, 0.15) is 24.4 Å². The first-order valence-electron chi connectivity index (χ1n) is 14.1. The van der Waals surface area contributed by atoms with Gasteiger partial charge in [0.05, 0.1) is 18.7 Å². The van der Waals surface area contributed by atoms with Crippen molar-refractivity contribution < 1.29 is 19.1 Å². The number of hydrogen-bond donors (Lipinski definition) is 4. The van der Waals surface area contributed by atoms with Crippen LogP contribution in [0.25, 0.3) is 0 Å². The first-order chi connectivity index (χ1) is 19.9. The average Bonchev–Trinajstić information content (AvgIpc) is 3.40. The van der Waals surface area contributed by atoms with E-state index in [1.54, 1.807) is 4.68 Å². The Hall–Kier alpha value is -4.25. The van der Waals surface area contributed by atoms with Crippen molar-refractivity contribution in [3.8, 4) is 5.75 Å². The third-order valence-corrected chi connectivity index (χ3v) is 6.78. The van der Waals surface area contributed by atoms with E-state index in [2.05, 4.69) is 31.6 Å². The lowest BCUT2D eigenvalue weighted by Gasteiger charge is -2.25. The number of amides is 3. The lowest BCUT2D eigenvalue weighted by atomic mass is 10.0. The van der Waals surface area contributed by atoms with E-state index < -0.39 is 18.0 Å². The Morgan fingerprint density at radius 3 is 2.61 bits per heavy atom. The number of benzene rings is 2. The van der Waals surface area contributed by atoms with Gasteiger partial charge in [0.25, 0.3) is 0 Å². The standard InChI is InChI=1S/C30H39N7O4/c1-21(2)28-30(40)33-26(18-22-7-4-3-5-8-22)29(39)32-14-13-31-12-11-24-20-37(36-35-24)15-16-41-25-10-6-9-23(17-25)19-27(38)34-28/h3-10,17,20-21,26,28,31H,11-16,18-19H2,1-2H3,(H,32,39)(H,33,40)(H,34,38)/t26-,28+/m0/s1. The molecule has 11 nitrogen and oxygen atoms in total. The van der Waals surface area contributed by atoms with Gasteiger partial charge in [-0.3, -0.25) is 14.4 Å². The second-order valence-corrected chi connectivity index (χ2v) is 10.5. The predicted octanol–water partition coefficient (Wildman–Crippen LogP) is 1.03. The van der Waals surface area contributed by atoms with Crippen LogP contribution in [0.5, 0.6) is 5.75 Å². The van der Waals surface area contributed by atoms with Crippen molar-refractivity contribution in [2.75, 3.05) is 26.2 Å². The van der Waals surface area contributed by atoms with E-state index in [1.165, 1.54) is 0 Å². The van der Waals surface area contributed by atoms with Crippen LogP contribution in [0, 0.1) is 5.92 Å². The highest BCUT2D eigenvalue weighted by Gasteiger charge is 2.29. The van der Waals surface area contributed by atoms with Crippen LogP contribution in [0.1, 0.15) is 30.7 Å². The van der Waals surface area contributed by atoms with Crippen LogP contribution >= 0.6 is 0 Å². The highest BCUT2D eigenvalue weighted by atomic mass is 16.5. The minimum Gasteiger partial charge on any atom is -0.492 e. The summed E-state index contributed by atoms with van der Waals surface area (Å²) in [4.78, 5) is 39.6. The molecule has 1 aliphatic rings. The van der Waals surface area contributed by atoms with Gasteiger partial charge in [-0.1, -0.05) is 61.5 Å². The summed E-state index contributed by atoms with van der Waals surface area (Å²) in [6, 6.07) is 15.3. The SMILES string of the molecule is CC(C)[C@H]1NC(=O)Cc2cccc(c2)OCCn2cc(nn2)CCNCCNC(=O)[C@H](Cc2ccccc2)NC1=O. The van der Waals surface area contributed by atoms with E-state index in [-0.39, 0.29) is 24.2 Å². The molecule has 0 fully saturated rings. The van der Waals surface area contributed by atoms with Gasteiger partial charge in [0, 0.05) is 38.7 Å². The summed E-state index contributed by atoms with van der Waals surface area (Å²) in [7, 11) is 0. The maximum absolute atomic E-state index is 13.4. The van der Waals surface area contributed by atoms with Gasteiger partial charge in [0.15, 0.2) is 0 Å². The molecular formula is C30H39N7O4. The monoisotopic (exact) mass is 561 g/mol. The zero-order chi connectivity index (χ0) is 29.0. The Bertz CT molecular complexity index is 1290. The molecule has 2 aromatic carbocycles. The summed E-state index contributed by atoms with van der Waals surface area (Å²) in [6.07, 6.45) is 3.00. The lowest BCUT2D eigenvalue weighted by molar-refractivity contribution is -0.132. The van der Waals surface area contributed by atoms with Crippen LogP contribution in [0.3, 0.4) is 0 Å². The zero-order valence-corrected chi connectivity index (χ0v) is 23.6. The maximum Gasteiger partial charge on any atom is 0.243 e. The Morgan fingerprint density at radius 2 is 1.80 bits per heavy atom. The summed E-state index contributed by atoms with van der Waals surface area (Å²) in [5.41, 5.74) is 2.54. The second-order valence-electron chi connectivity index (χ2n) is 10.5. The van der Waals surface area contributed by atoms with Gasteiger partial charge in [-0.25, -0.2) is 4.68 Å². The van der Waals surface area contributed by atoms with Crippen LogP contribution < -0.4 is 26.0 Å². The Balaban J connectivity index is 1.50. The summed E-state index contributed by atoms with van der Waals surface area (Å²) in [5, 5.41) is 20.4. The number of carbonyl (C=O) groups excluding carboxylic acids is 3. The molecule has 3 aromatic rings. The van der Waals surface area contributed by atoms with E-state index in [9.17, 15) is 14.4 Å². The number of aromatic nitrogens is 3. The smallest absolute Gasteiger partial charge is 0.243 e. The van der Waals surface area contributed by atoms with Crippen molar-refractivity contribution in [1.29, 1.82) is 0 Å². The molecule has 11 heteroatoms. The number of rotatable bonds is 3. The van der Waals surface area contributed by atoms with Crippen molar-refractivity contribution in [1.82, 2.24) is 36.3 Å². The fourth-order valence-corrected chi connectivity index (χ4v) is 4.57. The Labute approximate surface area is 240 Å². The molecule has 4 N–H and O–H groups in total. The van der Waals surface area contributed by atoms with Gasteiger partial charge in [0.2, 0.25) is 17.7 Å². The van der Waals surface area contributed by atoms with Crippen molar-refractivity contribution in [3.05, 3.63) is 77.6 Å². The number of carbonyl (C=O) groups is 3. The molecule has 218 valence electrons. The van der Waals surface area contributed by atoms with Crippen molar-refractivity contribution in [3.63, 3.8) is 0 Å². The number of hydrogen-bond acceptors (Lipinski definition) is 7. The minimum absolute atomic E-state index is 0.0844. The molecule has 0 aliphatic carbocycles. The largest absolute Gasteiger partial charge is 0.492 e. The fourth-order valence-electron chi connectivity index (χ4n) is 4.57. The predicted molar refractivity (Wildman–Crippen MR) is 154 cm³/mol. The number of fused-ring (bicyclic) bond motifs is 4. The van der Waals surface area contributed by atoms with E-state index >= 15 is 0 Å². The maximum atomic E-state index is 13.4. The van der Waals surface area contributed by atoms with Gasteiger partial charge >= 0.3 is 0 Å². The molecule has 1 aliphatic heterocycles. The molecule has 0 unspecified atom stereocenters. The van der Waals surface area contributed by atoms with Crippen LogP contribution in [0.4, 0.5) is 0 Å². The zero-order valence-electron chi connectivity index (χ0n) is 23.6. The fraction of sp³-hybridized carbons (Fsp3) is 0.433. The third-order valence-electron chi connectivity index (χ3n) is 6.78. The van der Waals surface area contributed by atoms with Crippen LogP contribution in [0.15, 0.2) is 60.8 Å². The third kappa shape index (κ3) is 9.42. The highest BCUT2D eigenvalue weighted by molar-refractivity contribution is 5.92. The molecule has 4 rings (SSSR count). The molecule has 0 saturated heterocycles. The number of ether oxygens (including phenoxy) is 1.